The second-order valence-electron chi connectivity index (χ2n) is 4.51. The standard InChI is InChI=1S/C14H15NO3/c1-2-3-12(16)15-11-6-4-10(5-7-11)14(8-9-14)13(17)18/h2,4-7H,1,3,8-9H2,(H,15,16)(H,17,18). The van der Waals surface area contributed by atoms with Crippen molar-refractivity contribution in [3.63, 3.8) is 0 Å². The first-order valence-electron chi connectivity index (χ1n) is 5.83. The Morgan fingerprint density at radius 2 is 1.94 bits per heavy atom. The molecule has 4 nitrogen and oxygen atoms in total. The topological polar surface area (TPSA) is 66.4 Å². The molecule has 1 aliphatic carbocycles. The summed E-state index contributed by atoms with van der Waals surface area (Å²) in [5.41, 5.74) is 0.785. The highest BCUT2D eigenvalue weighted by atomic mass is 16.4. The van der Waals surface area contributed by atoms with Crippen LogP contribution in [0.15, 0.2) is 36.9 Å². The number of amides is 1. The molecule has 0 unspecified atom stereocenters. The van der Waals surface area contributed by atoms with E-state index in [0.717, 1.165) is 5.56 Å². The summed E-state index contributed by atoms with van der Waals surface area (Å²) in [4.78, 5) is 22.5. The number of carbonyl (C=O) groups is 2. The molecular weight excluding hydrogens is 230 g/mol. The van der Waals surface area contributed by atoms with Crippen molar-refractivity contribution in [2.24, 2.45) is 0 Å². The van der Waals surface area contributed by atoms with Crippen LogP contribution in [0.4, 0.5) is 5.69 Å². The van der Waals surface area contributed by atoms with Crippen LogP contribution in [-0.4, -0.2) is 17.0 Å². The van der Waals surface area contributed by atoms with Gasteiger partial charge in [0.05, 0.1) is 5.41 Å². The minimum Gasteiger partial charge on any atom is -0.481 e. The van der Waals surface area contributed by atoms with E-state index in [9.17, 15) is 9.59 Å². The molecule has 2 rings (SSSR count). The normalized spacial score (nSPS) is 15.8. The third-order valence-corrected chi connectivity index (χ3v) is 3.21. The average Bonchev–Trinajstić information content (AvgIpc) is 3.11. The quantitative estimate of drug-likeness (QED) is 0.782. The number of carboxylic acids is 1. The summed E-state index contributed by atoms with van der Waals surface area (Å²) >= 11 is 0. The van der Waals surface area contributed by atoms with Crippen molar-refractivity contribution in [3.05, 3.63) is 42.5 Å². The van der Waals surface area contributed by atoms with Crippen LogP contribution in [0.5, 0.6) is 0 Å². The van der Waals surface area contributed by atoms with Gasteiger partial charge in [-0.25, -0.2) is 0 Å². The molecule has 4 heteroatoms. The molecule has 0 atom stereocenters. The van der Waals surface area contributed by atoms with E-state index >= 15 is 0 Å². The van der Waals surface area contributed by atoms with Crippen LogP contribution < -0.4 is 5.32 Å². The summed E-state index contributed by atoms with van der Waals surface area (Å²) in [7, 11) is 0. The number of hydrogen-bond donors (Lipinski definition) is 2. The van der Waals surface area contributed by atoms with Crippen LogP contribution in [-0.2, 0) is 15.0 Å². The van der Waals surface area contributed by atoms with E-state index in [1.54, 1.807) is 24.3 Å². The Morgan fingerprint density at radius 1 is 1.33 bits per heavy atom. The van der Waals surface area contributed by atoms with E-state index in [0.29, 0.717) is 18.5 Å². The number of nitrogens with one attached hydrogen (secondary N) is 1. The molecule has 1 amide bonds. The molecule has 1 saturated carbocycles. The maximum Gasteiger partial charge on any atom is 0.314 e. The third kappa shape index (κ3) is 2.27. The Bertz CT molecular complexity index is 486. The van der Waals surface area contributed by atoms with Crippen molar-refractivity contribution in [1.82, 2.24) is 0 Å². The van der Waals surface area contributed by atoms with E-state index < -0.39 is 11.4 Å². The van der Waals surface area contributed by atoms with Gasteiger partial charge in [0.15, 0.2) is 0 Å². The zero-order valence-corrected chi connectivity index (χ0v) is 9.98. The zero-order chi connectivity index (χ0) is 13.2. The number of rotatable bonds is 5. The largest absolute Gasteiger partial charge is 0.481 e. The van der Waals surface area contributed by atoms with Gasteiger partial charge in [-0.3, -0.25) is 9.59 Å². The fraction of sp³-hybridized carbons (Fsp3) is 0.286. The molecular formula is C14H15NO3. The molecule has 0 spiro atoms. The molecule has 94 valence electrons. The lowest BCUT2D eigenvalue weighted by Gasteiger charge is -2.11. The van der Waals surface area contributed by atoms with Crippen molar-refractivity contribution in [2.75, 3.05) is 5.32 Å². The Hall–Kier alpha value is -2.10. The highest BCUT2D eigenvalue weighted by molar-refractivity contribution is 5.92. The maximum absolute atomic E-state index is 11.3. The van der Waals surface area contributed by atoms with Crippen molar-refractivity contribution < 1.29 is 14.7 Å². The molecule has 18 heavy (non-hydrogen) atoms. The minimum absolute atomic E-state index is 0.128. The summed E-state index contributed by atoms with van der Waals surface area (Å²) in [6.07, 6.45) is 3.17. The fourth-order valence-corrected chi connectivity index (χ4v) is 1.97. The lowest BCUT2D eigenvalue weighted by Crippen LogP contribution is -2.19. The van der Waals surface area contributed by atoms with Gasteiger partial charge in [-0.1, -0.05) is 18.2 Å². The molecule has 0 bridgehead atoms. The second-order valence-corrected chi connectivity index (χ2v) is 4.51. The lowest BCUT2D eigenvalue weighted by atomic mass is 9.96. The number of hydrogen-bond acceptors (Lipinski definition) is 2. The number of benzene rings is 1. The van der Waals surface area contributed by atoms with Gasteiger partial charge < -0.3 is 10.4 Å². The summed E-state index contributed by atoms with van der Waals surface area (Å²) < 4.78 is 0. The molecule has 1 aromatic rings. The van der Waals surface area contributed by atoms with Crippen LogP contribution in [0, 0.1) is 0 Å². The molecule has 0 heterocycles. The van der Waals surface area contributed by atoms with Gasteiger partial charge in [-0.2, -0.15) is 0 Å². The summed E-state index contributed by atoms with van der Waals surface area (Å²) in [5.74, 6) is -0.900. The Kier molecular flexibility index (Phi) is 3.19. The molecule has 1 aromatic carbocycles. The number of carbonyl (C=O) groups excluding carboxylic acids is 1. The Morgan fingerprint density at radius 3 is 2.39 bits per heavy atom. The average molecular weight is 245 g/mol. The monoisotopic (exact) mass is 245 g/mol. The van der Waals surface area contributed by atoms with E-state index in [-0.39, 0.29) is 12.3 Å². The number of carboxylic acid groups (broad SMARTS) is 1. The van der Waals surface area contributed by atoms with E-state index in [4.69, 9.17) is 5.11 Å². The first-order valence-corrected chi connectivity index (χ1v) is 5.83. The smallest absolute Gasteiger partial charge is 0.314 e. The molecule has 0 aliphatic heterocycles. The molecule has 0 saturated heterocycles. The molecule has 1 fully saturated rings. The predicted molar refractivity (Wildman–Crippen MR) is 68.4 cm³/mol. The van der Waals surface area contributed by atoms with Gasteiger partial charge in [0.1, 0.15) is 0 Å². The highest BCUT2D eigenvalue weighted by Crippen LogP contribution is 2.48. The van der Waals surface area contributed by atoms with Crippen LogP contribution in [0.2, 0.25) is 0 Å². The van der Waals surface area contributed by atoms with Gasteiger partial charge in [0, 0.05) is 12.1 Å². The van der Waals surface area contributed by atoms with Gasteiger partial charge in [0.2, 0.25) is 5.91 Å². The Labute approximate surface area is 105 Å². The maximum atomic E-state index is 11.3. The van der Waals surface area contributed by atoms with Gasteiger partial charge >= 0.3 is 5.97 Å². The Balaban J connectivity index is 2.09. The number of aliphatic carboxylic acids is 1. The third-order valence-electron chi connectivity index (χ3n) is 3.21. The van der Waals surface area contributed by atoms with Crippen molar-refractivity contribution in [3.8, 4) is 0 Å². The molecule has 2 N–H and O–H groups in total. The van der Waals surface area contributed by atoms with Crippen molar-refractivity contribution in [2.45, 2.75) is 24.7 Å². The summed E-state index contributed by atoms with van der Waals surface area (Å²) in [5, 5.41) is 11.9. The molecule has 0 aromatic heterocycles. The minimum atomic E-state index is -0.772. The summed E-state index contributed by atoms with van der Waals surface area (Å²) in [6.45, 7) is 3.49. The van der Waals surface area contributed by atoms with Crippen LogP contribution in [0.1, 0.15) is 24.8 Å². The first-order chi connectivity index (χ1) is 8.58. The van der Waals surface area contributed by atoms with E-state index in [1.807, 2.05) is 0 Å². The highest BCUT2D eigenvalue weighted by Gasteiger charge is 2.51. The van der Waals surface area contributed by atoms with Crippen LogP contribution >= 0.6 is 0 Å². The van der Waals surface area contributed by atoms with Gasteiger partial charge in [0.25, 0.3) is 0 Å². The van der Waals surface area contributed by atoms with Crippen LogP contribution in [0.25, 0.3) is 0 Å². The zero-order valence-electron chi connectivity index (χ0n) is 9.98. The number of anilines is 1. The van der Waals surface area contributed by atoms with Crippen molar-refractivity contribution >= 4 is 17.6 Å². The molecule has 0 radical (unpaired) electrons. The molecule has 1 aliphatic rings. The second kappa shape index (κ2) is 4.64. The van der Waals surface area contributed by atoms with Crippen molar-refractivity contribution in [1.29, 1.82) is 0 Å². The van der Waals surface area contributed by atoms with E-state index in [2.05, 4.69) is 11.9 Å². The van der Waals surface area contributed by atoms with Gasteiger partial charge in [-0.15, -0.1) is 6.58 Å². The van der Waals surface area contributed by atoms with Crippen LogP contribution in [0.3, 0.4) is 0 Å². The SMILES string of the molecule is C=CCC(=O)Nc1ccc(C2(C(=O)O)CC2)cc1. The predicted octanol–water partition coefficient (Wildman–Crippen LogP) is 2.32. The lowest BCUT2D eigenvalue weighted by molar-refractivity contribution is -0.140. The summed E-state index contributed by atoms with van der Waals surface area (Å²) in [6, 6.07) is 7.01. The first kappa shape index (κ1) is 12.4. The fourth-order valence-electron chi connectivity index (χ4n) is 1.97. The van der Waals surface area contributed by atoms with E-state index in [1.165, 1.54) is 6.08 Å². The van der Waals surface area contributed by atoms with Gasteiger partial charge in [-0.05, 0) is 30.5 Å².